The van der Waals surface area contributed by atoms with Crippen LogP contribution < -0.4 is 9.64 Å². The Morgan fingerprint density at radius 2 is 1.55 bits per heavy atom. The second kappa shape index (κ2) is 8.67. The highest BCUT2D eigenvalue weighted by atomic mass is 16.5. The van der Waals surface area contributed by atoms with Gasteiger partial charge in [0.1, 0.15) is 5.75 Å². The van der Waals surface area contributed by atoms with Crippen LogP contribution in [0.25, 0.3) is 0 Å². The number of morpholine rings is 1. The van der Waals surface area contributed by atoms with E-state index in [2.05, 4.69) is 0 Å². The number of anilines is 1. The molecule has 0 N–H and O–H groups in total. The number of para-hydroxylation sites is 2. The lowest BCUT2D eigenvalue weighted by atomic mass is 10.1. The Balaban J connectivity index is 1.31. The average Bonchev–Trinajstić information content (AvgIpc) is 3.11. The maximum Gasteiger partial charge on any atom is 0.265 e. The predicted molar refractivity (Wildman–Crippen MR) is 117 cm³/mol. The van der Waals surface area contributed by atoms with Gasteiger partial charge in [0.25, 0.3) is 17.7 Å². The highest BCUT2D eigenvalue weighted by Crippen LogP contribution is 2.34. The summed E-state index contributed by atoms with van der Waals surface area (Å²) in [5.74, 6) is -0.824. The van der Waals surface area contributed by atoms with Gasteiger partial charge in [-0.15, -0.1) is 0 Å². The van der Waals surface area contributed by atoms with Crippen molar-refractivity contribution in [3.05, 3.63) is 59.7 Å². The Morgan fingerprint density at radius 1 is 0.909 bits per heavy atom. The number of ether oxygens (including phenoxy) is 2. The third-order valence-corrected chi connectivity index (χ3v) is 6.10. The second-order valence-corrected chi connectivity index (χ2v) is 8.07. The van der Waals surface area contributed by atoms with Crippen LogP contribution in [-0.2, 0) is 14.3 Å². The van der Waals surface area contributed by atoms with E-state index >= 15 is 0 Å². The third kappa shape index (κ3) is 3.84. The van der Waals surface area contributed by atoms with Gasteiger partial charge in [-0.1, -0.05) is 24.3 Å². The first-order valence-corrected chi connectivity index (χ1v) is 10.9. The molecule has 0 aromatic heterocycles. The van der Waals surface area contributed by atoms with Crippen molar-refractivity contribution >= 4 is 29.3 Å². The lowest BCUT2D eigenvalue weighted by molar-refractivity contribution is -0.142. The van der Waals surface area contributed by atoms with Crippen LogP contribution in [0, 0.1) is 0 Å². The molecule has 0 saturated carbocycles. The fourth-order valence-corrected chi connectivity index (χ4v) is 4.37. The molecule has 0 aliphatic carbocycles. The fourth-order valence-electron chi connectivity index (χ4n) is 4.37. The summed E-state index contributed by atoms with van der Waals surface area (Å²) >= 11 is 0. The summed E-state index contributed by atoms with van der Waals surface area (Å²) in [6.07, 6.45) is -0.889. The van der Waals surface area contributed by atoms with Gasteiger partial charge in [-0.2, -0.15) is 0 Å². The molecule has 4 amide bonds. The summed E-state index contributed by atoms with van der Waals surface area (Å²) < 4.78 is 11.3. The summed E-state index contributed by atoms with van der Waals surface area (Å²) in [5.41, 5.74) is 1.27. The molecule has 1 atom stereocenters. The molecule has 1 fully saturated rings. The van der Waals surface area contributed by atoms with Crippen LogP contribution in [0.3, 0.4) is 0 Å². The highest BCUT2D eigenvalue weighted by Gasteiger charge is 2.38. The first kappa shape index (κ1) is 21.1. The van der Waals surface area contributed by atoms with Crippen molar-refractivity contribution in [1.29, 1.82) is 0 Å². The van der Waals surface area contributed by atoms with Gasteiger partial charge in [0, 0.05) is 26.1 Å². The van der Waals surface area contributed by atoms with E-state index in [1.54, 1.807) is 53.4 Å². The highest BCUT2D eigenvalue weighted by molar-refractivity contribution is 6.21. The van der Waals surface area contributed by atoms with E-state index in [-0.39, 0.29) is 31.3 Å². The number of amides is 4. The van der Waals surface area contributed by atoms with Gasteiger partial charge in [0.15, 0.2) is 6.10 Å². The van der Waals surface area contributed by atoms with Crippen molar-refractivity contribution in [1.82, 2.24) is 9.80 Å². The Morgan fingerprint density at radius 3 is 2.24 bits per heavy atom. The number of fused-ring (bicyclic) bond motifs is 2. The monoisotopic (exact) mass is 449 g/mol. The van der Waals surface area contributed by atoms with Crippen molar-refractivity contribution in [3.63, 3.8) is 0 Å². The Hall–Kier alpha value is -3.72. The molecule has 3 aliphatic rings. The van der Waals surface area contributed by atoms with Crippen molar-refractivity contribution in [2.75, 3.05) is 44.3 Å². The van der Waals surface area contributed by atoms with Gasteiger partial charge in [-0.25, -0.2) is 0 Å². The number of rotatable bonds is 4. The lowest BCUT2D eigenvalue weighted by Crippen LogP contribution is -2.54. The van der Waals surface area contributed by atoms with Gasteiger partial charge in [0.2, 0.25) is 5.91 Å². The van der Waals surface area contributed by atoms with Crippen LogP contribution in [0.1, 0.15) is 27.1 Å². The molecule has 170 valence electrons. The second-order valence-electron chi connectivity index (χ2n) is 8.07. The van der Waals surface area contributed by atoms with E-state index in [9.17, 15) is 19.2 Å². The van der Waals surface area contributed by atoms with E-state index in [1.807, 2.05) is 0 Å². The molecule has 2 aromatic rings. The molecule has 1 saturated heterocycles. The summed E-state index contributed by atoms with van der Waals surface area (Å²) in [6.45, 7) is 1.93. The average molecular weight is 449 g/mol. The zero-order chi connectivity index (χ0) is 22.9. The third-order valence-electron chi connectivity index (χ3n) is 6.10. The number of hydrogen-bond acceptors (Lipinski definition) is 6. The minimum atomic E-state index is -0.832. The van der Waals surface area contributed by atoms with Crippen LogP contribution in [0.2, 0.25) is 0 Å². The Labute approximate surface area is 190 Å². The van der Waals surface area contributed by atoms with Crippen LogP contribution >= 0.6 is 0 Å². The first-order valence-electron chi connectivity index (χ1n) is 10.9. The van der Waals surface area contributed by atoms with E-state index in [4.69, 9.17) is 9.47 Å². The van der Waals surface area contributed by atoms with Crippen LogP contribution in [0.5, 0.6) is 5.75 Å². The van der Waals surface area contributed by atoms with Crippen LogP contribution in [-0.4, -0.2) is 78.9 Å². The molecule has 0 spiro atoms. The van der Waals surface area contributed by atoms with Crippen molar-refractivity contribution in [3.8, 4) is 5.75 Å². The predicted octanol–water partition coefficient (Wildman–Crippen LogP) is 1.33. The molecule has 9 nitrogen and oxygen atoms in total. The molecule has 9 heteroatoms. The van der Waals surface area contributed by atoms with Crippen molar-refractivity contribution in [2.45, 2.75) is 12.5 Å². The van der Waals surface area contributed by atoms with Gasteiger partial charge in [0.05, 0.1) is 36.6 Å². The minimum absolute atomic E-state index is 0.0349. The SMILES string of the molecule is O=C(C1CN(C(=O)CCN2C(=O)c3ccccc3C2=O)c2ccccc2O1)N1CCOCC1. The summed E-state index contributed by atoms with van der Waals surface area (Å²) in [7, 11) is 0. The molecule has 0 radical (unpaired) electrons. The maximum absolute atomic E-state index is 13.2. The van der Waals surface area contributed by atoms with Crippen LogP contribution in [0.4, 0.5) is 5.69 Å². The Bertz CT molecular complexity index is 1090. The largest absolute Gasteiger partial charge is 0.476 e. The number of carbonyl (C=O) groups excluding carboxylic acids is 4. The van der Waals surface area contributed by atoms with E-state index < -0.39 is 17.9 Å². The smallest absolute Gasteiger partial charge is 0.265 e. The Kier molecular flexibility index (Phi) is 5.55. The maximum atomic E-state index is 13.2. The minimum Gasteiger partial charge on any atom is -0.476 e. The molecular formula is C24H23N3O6. The van der Waals surface area contributed by atoms with Crippen molar-refractivity contribution in [2.24, 2.45) is 0 Å². The molecule has 0 bridgehead atoms. The van der Waals surface area contributed by atoms with Gasteiger partial charge in [-0.05, 0) is 24.3 Å². The standard InChI is InChI=1S/C24H23N3O6/c28-21(9-10-26-22(29)16-5-1-2-6-17(16)23(26)30)27-15-20(24(31)25-11-13-32-14-12-25)33-19-8-4-3-7-18(19)27/h1-8,20H,9-15H2. The topological polar surface area (TPSA) is 96.5 Å². The zero-order valence-electron chi connectivity index (χ0n) is 17.9. The summed E-state index contributed by atoms with van der Waals surface area (Å²) in [6, 6.07) is 13.7. The van der Waals surface area contributed by atoms with Crippen LogP contribution in [0.15, 0.2) is 48.5 Å². The molecule has 1 unspecified atom stereocenters. The number of hydrogen-bond donors (Lipinski definition) is 0. The van der Waals surface area contributed by atoms with Gasteiger partial charge >= 0.3 is 0 Å². The van der Waals surface area contributed by atoms with E-state index in [0.717, 1.165) is 4.90 Å². The normalized spacial score (nSPS) is 19.8. The summed E-state index contributed by atoms with van der Waals surface area (Å²) in [5, 5.41) is 0. The molecule has 5 rings (SSSR count). The fraction of sp³-hybridized carbons (Fsp3) is 0.333. The quantitative estimate of drug-likeness (QED) is 0.654. The summed E-state index contributed by atoms with van der Waals surface area (Å²) in [4.78, 5) is 55.8. The van der Waals surface area contributed by atoms with E-state index in [0.29, 0.717) is 48.9 Å². The molecule has 33 heavy (non-hydrogen) atoms. The number of carbonyl (C=O) groups is 4. The van der Waals surface area contributed by atoms with Gasteiger partial charge in [-0.3, -0.25) is 24.1 Å². The lowest BCUT2D eigenvalue weighted by Gasteiger charge is -2.37. The molecule has 3 heterocycles. The number of nitrogens with zero attached hydrogens (tertiary/aromatic N) is 3. The molecular weight excluding hydrogens is 426 g/mol. The van der Waals surface area contributed by atoms with E-state index in [1.165, 1.54) is 4.90 Å². The van der Waals surface area contributed by atoms with Crippen molar-refractivity contribution < 1.29 is 28.7 Å². The molecule has 2 aromatic carbocycles. The molecule has 3 aliphatic heterocycles. The first-order chi connectivity index (χ1) is 16.0. The van der Waals surface area contributed by atoms with Gasteiger partial charge < -0.3 is 19.3 Å². The number of benzene rings is 2. The zero-order valence-corrected chi connectivity index (χ0v) is 17.9. The number of imide groups is 1.